The third kappa shape index (κ3) is 4.04. The molecule has 2 atom stereocenters. The molecular weight excluding hydrogens is 358 g/mol. The molecule has 1 aliphatic rings. The molecule has 1 aliphatic heterocycles. The average molecular weight is 388 g/mol. The summed E-state index contributed by atoms with van der Waals surface area (Å²) in [6.07, 6.45) is 3.67. The predicted octanol–water partition coefficient (Wildman–Crippen LogP) is 4.50. The van der Waals surface area contributed by atoms with Crippen LogP contribution in [0.5, 0.6) is 5.75 Å². The quantitative estimate of drug-likeness (QED) is 0.793. The van der Waals surface area contributed by atoms with Gasteiger partial charge in [-0.2, -0.15) is 0 Å². The fraction of sp³-hybridized carbons (Fsp3) is 0.455. The average Bonchev–Trinajstić information content (AvgIpc) is 2.79. The second-order valence-corrected chi connectivity index (χ2v) is 9.34. The van der Waals surface area contributed by atoms with Crippen molar-refractivity contribution in [3.63, 3.8) is 0 Å². The van der Waals surface area contributed by atoms with E-state index in [0.717, 1.165) is 42.6 Å². The first kappa shape index (κ1) is 19.9. The summed E-state index contributed by atoms with van der Waals surface area (Å²) in [5.41, 5.74) is 1.45. The first-order chi connectivity index (χ1) is 12.9. The van der Waals surface area contributed by atoms with E-state index in [1.54, 1.807) is 13.2 Å². The van der Waals surface area contributed by atoms with E-state index in [-0.39, 0.29) is 11.8 Å². The number of hydrogen-bond acceptors (Lipinski definition) is 4. The van der Waals surface area contributed by atoms with Crippen molar-refractivity contribution in [2.24, 2.45) is 0 Å². The third-order valence-electron chi connectivity index (χ3n) is 5.62. The number of nitrogens with one attached hydrogen (secondary N) is 1. The van der Waals surface area contributed by atoms with Gasteiger partial charge in [-0.05, 0) is 42.2 Å². The molecule has 146 valence electrons. The Morgan fingerprint density at radius 1 is 1.11 bits per heavy atom. The summed E-state index contributed by atoms with van der Waals surface area (Å²) in [4.78, 5) is 0.449. The fourth-order valence-electron chi connectivity index (χ4n) is 3.97. The Kier molecular flexibility index (Phi) is 5.92. The summed E-state index contributed by atoms with van der Waals surface area (Å²) in [5.74, 6) is 0.932. The van der Waals surface area contributed by atoms with Crippen LogP contribution < -0.4 is 10.1 Å². The minimum Gasteiger partial charge on any atom is -0.497 e. The van der Waals surface area contributed by atoms with Gasteiger partial charge in [0.15, 0.2) is 9.84 Å². The van der Waals surface area contributed by atoms with Crippen molar-refractivity contribution in [3.8, 4) is 5.75 Å². The summed E-state index contributed by atoms with van der Waals surface area (Å²) >= 11 is 0. The molecule has 0 bridgehead atoms. The standard InChI is InChI=1S/C22H29NO3S/c1-4-6-15-22(5-2)16-27(24,25)20-10-8-7-9-19(20)21(23-22)17-11-13-18(26-3)14-12-17/h7-14,21,23H,4-6,15-16H2,1-3H3. The van der Waals surface area contributed by atoms with Crippen molar-refractivity contribution < 1.29 is 13.2 Å². The molecule has 0 fully saturated rings. The number of sulfone groups is 1. The van der Waals surface area contributed by atoms with Gasteiger partial charge < -0.3 is 4.74 Å². The number of fused-ring (bicyclic) bond motifs is 1. The highest BCUT2D eigenvalue weighted by Crippen LogP contribution is 2.38. The zero-order valence-electron chi connectivity index (χ0n) is 16.4. The molecule has 0 radical (unpaired) electrons. The number of ether oxygens (including phenoxy) is 1. The molecule has 1 heterocycles. The van der Waals surface area contributed by atoms with Crippen LogP contribution in [-0.2, 0) is 9.84 Å². The van der Waals surface area contributed by atoms with E-state index in [2.05, 4.69) is 19.2 Å². The van der Waals surface area contributed by atoms with Gasteiger partial charge in [0.2, 0.25) is 0 Å². The van der Waals surface area contributed by atoms with E-state index in [1.165, 1.54) is 0 Å². The number of unbranched alkanes of at least 4 members (excludes halogenated alkanes) is 1. The molecule has 2 unspecified atom stereocenters. The minimum absolute atomic E-state index is 0.139. The van der Waals surface area contributed by atoms with Crippen molar-refractivity contribution in [2.75, 3.05) is 12.9 Å². The van der Waals surface area contributed by atoms with Gasteiger partial charge in [-0.3, -0.25) is 5.32 Å². The van der Waals surface area contributed by atoms with E-state index in [9.17, 15) is 8.42 Å². The monoisotopic (exact) mass is 387 g/mol. The van der Waals surface area contributed by atoms with Crippen LogP contribution in [0.25, 0.3) is 0 Å². The van der Waals surface area contributed by atoms with Crippen molar-refractivity contribution >= 4 is 9.84 Å². The van der Waals surface area contributed by atoms with E-state index in [0.29, 0.717) is 4.90 Å². The number of rotatable bonds is 6. The highest BCUT2D eigenvalue weighted by molar-refractivity contribution is 7.91. The maximum absolute atomic E-state index is 13.2. The van der Waals surface area contributed by atoms with Crippen LogP contribution in [0, 0.1) is 0 Å². The van der Waals surface area contributed by atoms with E-state index in [4.69, 9.17) is 4.74 Å². The van der Waals surface area contributed by atoms with Crippen molar-refractivity contribution in [1.29, 1.82) is 0 Å². The zero-order valence-corrected chi connectivity index (χ0v) is 17.2. The summed E-state index contributed by atoms with van der Waals surface area (Å²) in [6, 6.07) is 15.1. The van der Waals surface area contributed by atoms with Crippen molar-refractivity contribution in [3.05, 3.63) is 59.7 Å². The molecule has 1 N–H and O–H groups in total. The summed E-state index contributed by atoms with van der Waals surface area (Å²) < 4.78 is 31.8. The summed E-state index contributed by atoms with van der Waals surface area (Å²) in [5, 5.41) is 3.76. The van der Waals surface area contributed by atoms with Gasteiger partial charge in [0.25, 0.3) is 0 Å². The van der Waals surface area contributed by atoms with Gasteiger partial charge in [-0.15, -0.1) is 0 Å². The van der Waals surface area contributed by atoms with Crippen LogP contribution in [-0.4, -0.2) is 26.8 Å². The Labute approximate surface area is 162 Å². The topological polar surface area (TPSA) is 55.4 Å². The van der Waals surface area contributed by atoms with Gasteiger partial charge in [0, 0.05) is 5.54 Å². The Morgan fingerprint density at radius 3 is 2.44 bits per heavy atom. The Bertz CT molecular complexity index is 877. The van der Waals surface area contributed by atoms with Crippen molar-refractivity contribution in [1.82, 2.24) is 5.32 Å². The maximum Gasteiger partial charge on any atom is 0.180 e. The largest absolute Gasteiger partial charge is 0.497 e. The summed E-state index contributed by atoms with van der Waals surface area (Å²) in [7, 11) is -1.72. The van der Waals surface area contributed by atoms with Gasteiger partial charge in [-0.25, -0.2) is 8.42 Å². The third-order valence-corrected chi connectivity index (χ3v) is 7.59. The lowest BCUT2D eigenvalue weighted by molar-refractivity contribution is 0.295. The molecule has 0 aliphatic carbocycles. The SMILES string of the molecule is CCCCC1(CC)CS(=O)(=O)c2ccccc2C(c2ccc(OC)cc2)N1. The second-order valence-electron chi connectivity index (χ2n) is 7.38. The highest BCUT2D eigenvalue weighted by Gasteiger charge is 2.41. The Morgan fingerprint density at radius 2 is 1.81 bits per heavy atom. The molecule has 0 amide bonds. The predicted molar refractivity (Wildman–Crippen MR) is 109 cm³/mol. The maximum atomic E-state index is 13.2. The highest BCUT2D eigenvalue weighted by atomic mass is 32.2. The van der Waals surface area contributed by atoms with Crippen molar-refractivity contribution in [2.45, 2.75) is 56.0 Å². The first-order valence-corrected chi connectivity index (χ1v) is 11.3. The van der Waals surface area contributed by atoms with Gasteiger partial charge in [0.1, 0.15) is 5.75 Å². The summed E-state index contributed by atoms with van der Waals surface area (Å²) in [6.45, 7) is 4.23. The lowest BCUT2D eigenvalue weighted by Crippen LogP contribution is -2.50. The van der Waals surface area contributed by atoms with Gasteiger partial charge in [-0.1, -0.05) is 57.0 Å². The van der Waals surface area contributed by atoms with Crippen LogP contribution in [0.1, 0.15) is 56.7 Å². The van der Waals surface area contributed by atoms with Gasteiger partial charge in [0.05, 0.1) is 23.8 Å². The fourth-order valence-corrected chi connectivity index (χ4v) is 6.11. The van der Waals surface area contributed by atoms with Crippen LogP contribution in [0.15, 0.2) is 53.4 Å². The molecule has 0 aromatic heterocycles. The minimum atomic E-state index is -3.37. The molecule has 0 saturated carbocycles. The molecule has 4 nitrogen and oxygen atoms in total. The number of benzene rings is 2. The lowest BCUT2D eigenvalue weighted by Gasteiger charge is -2.36. The van der Waals surface area contributed by atoms with Crippen LogP contribution in [0.2, 0.25) is 0 Å². The smallest absolute Gasteiger partial charge is 0.180 e. The zero-order chi connectivity index (χ0) is 19.5. The van der Waals surface area contributed by atoms with Crippen LogP contribution >= 0.6 is 0 Å². The van der Waals surface area contributed by atoms with Crippen LogP contribution in [0.3, 0.4) is 0 Å². The Hall–Kier alpha value is -1.85. The number of methoxy groups -OCH3 is 1. The molecule has 0 saturated heterocycles. The lowest BCUT2D eigenvalue weighted by atomic mass is 9.88. The van der Waals surface area contributed by atoms with E-state index < -0.39 is 15.4 Å². The van der Waals surface area contributed by atoms with E-state index in [1.807, 2.05) is 42.5 Å². The van der Waals surface area contributed by atoms with Crippen LogP contribution in [0.4, 0.5) is 0 Å². The molecule has 27 heavy (non-hydrogen) atoms. The molecule has 2 aromatic carbocycles. The molecule has 2 aromatic rings. The van der Waals surface area contributed by atoms with E-state index >= 15 is 0 Å². The molecule has 0 spiro atoms. The molecule has 5 heteroatoms. The number of hydrogen-bond donors (Lipinski definition) is 1. The first-order valence-electron chi connectivity index (χ1n) is 9.68. The Balaban J connectivity index is 2.15. The second kappa shape index (κ2) is 8.03. The normalized spacial score (nSPS) is 24.0. The molecular formula is C22H29NO3S. The molecule has 3 rings (SSSR count). The van der Waals surface area contributed by atoms with Gasteiger partial charge >= 0.3 is 0 Å².